The van der Waals surface area contributed by atoms with E-state index in [-0.39, 0.29) is 11.7 Å². The summed E-state index contributed by atoms with van der Waals surface area (Å²) in [5.41, 5.74) is 8.28. The molecule has 0 spiro atoms. The van der Waals surface area contributed by atoms with Crippen molar-refractivity contribution >= 4 is 11.6 Å². The number of nitrogens with two attached hydrogens (primary N) is 1. The van der Waals surface area contributed by atoms with Crippen molar-refractivity contribution in [3.8, 4) is 5.75 Å². The number of carbonyl (C=O) groups excluding carboxylic acids is 1. The summed E-state index contributed by atoms with van der Waals surface area (Å²) in [6.45, 7) is 11.6. The van der Waals surface area contributed by atoms with Crippen molar-refractivity contribution in [2.75, 3.05) is 24.5 Å². The number of rotatable bonds is 11. The zero-order chi connectivity index (χ0) is 25.4. The predicted octanol–water partition coefficient (Wildman–Crippen LogP) is 5.62. The summed E-state index contributed by atoms with van der Waals surface area (Å²) in [5, 5.41) is 0. The van der Waals surface area contributed by atoms with Crippen LogP contribution in [0.5, 0.6) is 5.75 Å². The number of likely N-dealkylation sites (tertiary alicyclic amines) is 1. The zero-order valence-corrected chi connectivity index (χ0v) is 21.8. The fourth-order valence-corrected chi connectivity index (χ4v) is 4.64. The van der Waals surface area contributed by atoms with E-state index < -0.39 is 6.04 Å². The molecular weight excluding hydrogens is 441 g/mol. The molecule has 1 saturated heterocycles. The number of hydrogen-bond acceptors (Lipinski definition) is 4. The maximum atomic E-state index is 13.1. The monoisotopic (exact) mass is 483 g/mol. The molecule has 1 aliphatic rings. The Labute approximate surface area is 210 Å². The van der Waals surface area contributed by atoms with E-state index in [0.717, 1.165) is 56.6 Å². The first kappa shape index (κ1) is 27.0. The topological polar surface area (TPSA) is 58.8 Å². The van der Waals surface area contributed by atoms with Crippen LogP contribution in [0, 0.1) is 17.7 Å². The first-order chi connectivity index (χ1) is 16.7. The van der Waals surface area contributed by atoms with E-state index >= 15 is 0 Å². The number of ether oxygens (including phenoxy) is 1. The summed E-state index contributed by atoms with van der Waals surface area (Å²) in [5.74, 6) is 1.68. The lowest BCUT2D eigenvalue weighted by Gasteiger charge is -2.41. The van der Waals surface area contributed by atoms with Gasteiger partial charge in [0.2, 0.25) is 5.91 Å². The number of benzene rings is 2. The van der Waals surface area contributed by atoms with Gasteiger partial charge in [-0.15, -0.1) is 0 Å². The molecular formula is C29H42FN3O2. The largest absolute Gasteiger partial charge is 0.489 e. The fourth-order valence-electron chi connectivity index (χ4n) is 4.64. The Morgan fingerprint density at radius 3 is 2.23 bits per heavy atom. The van der Waals surface area contributed by atoms with Crippen LogP contribution in [-0.2, 0) is 11.4 Å². The number of halogens is 1. The number of amides is 1. The highest BCUT2D eigenvalue weighted by molar-refractivity contribution is 5.81. The molecule has 2 aromatic rings. The van der Waals surface area contributed by atoms with Crippen LogP contribution in [0.15, 0.2) is 48.5 Å². The molecule has 0 aromatic heterocycles. The molecule has 1 heterocycles. The summed E-state index contributed by atoms with van der Waals surface area (Å²) in [6, 6.07) is 14.6. The third-order valence-corrected chi connectivity index (χ3v) is 6.69. The summed E-state index contributed by atoms with van der Waals surface area (Å²) >= 11 is 0. The van der Waals surface area contributed by atoms with Gasteiger partial charge in [-0.05, 0) is 79.5 Å². The van der Waals surface area contributed by atoms with Crippen molar-refractivity contribution < 1.29 is 13.9 Å². The van der Waals surface area contributed by atoms with Crippen LogP contribution in [0.2, 0.25) is 0 Å². The van der Waals surface area contributed by atoms with Gasteiger partial charge < -0.3 is 20.3 Å². The fraction of sp³-hybridized carbons (Fsp3) is 0.552. The maximum absolute atomic E-state index is 13.1. The zero-order valence-electron chi connectivity index (χ0n) is 21.8. The quantitative estimate of drug-likeness (QED) is 0.451. The maximum Gasteiger partial charge on any atom is 0.239 e. The molecule has 0 radical (unpaired) electrons. The van der Waals surface area contributed by atoms with Crippen LogP contribution in [0.4, 0.5) is 10.1 Å². The van der Waals surface area contributed by atoms with Crippen molar-refractivity contribution in [3.63, 3.8) is 0 Å². The first-order valence-electron chi connectivity index (χ1n) is 13.0. The Kier molecular flexibility index (Phi) is 9.96. The van der Waals surface area contributed by atoms with Gasteiger partial charge in [0.15, 0.2) is 0 Å². The van der Waals surface area contributed by atoms with Gasteiger partial charge in [0.05, 0.1) is 6.04 Å². The second-order valence-corrected chi connectivity index (χ2v) is 10.6. The number of nitrogens with zero attached hydrogens (tertiary/aromatic N) is 2. The van der Waals surface area contributed by atoms with E-state index in [0.29, 0.717) is 24.5 Å². The molecule has 0 bridgehead atoms. The third kappa shape index (κ3) is 8.24. The number of piperidine rings is 1. The molecule has 3 rings (SSSR count). The standard InChI is InChI=1S/C29H42FN3O2/c1-21(2)13-18-33(26-14-16-32(17-15-26)29(34)28(31)19-22(3)4)25-9-11-27(12-10-25)35-20-23-5-7-24(30)8-6-23/h5-12,21-22,26,28H,13-20,31H2,1-4H3/t28-/m1/s1. The third-order valence-electron chi connectivity index (χ3n) is 6.69. The highest BCUT2D eigenvalue weighted by Gasteiger charge is 2.29. The van der Waals surface area contributed by atoms with Crippen LogP contribution >= 0.6 is 0 Å². The second kappa shape index (κ2) is 12.9. The number of hydrogen-bond donors (Lipinski definition) is 1. The molecule has 5 nitrogen and oxygen atoms in total. The average molecular weight is 484 g/mol. The predicted molar refractivity (Wildman–Crippen MR) is 141 cm³/mol. The lowest BCUT2D eigenvalue weighted by molar-refractivity contribution is -0.134. The molecule has 2 aromatic carbocycles. The molecule has 6 heteroatoms. The normalized spacial score (nSPS) is 15.5. The Morgan fingerprint density at radius 1 is 1.03 bits per heavy atom. The molecule has 2 N–H and O–H groups in total. The van der Waals surface area contributed by atoms with Gasteiger partial charge >= 0.3 is 0 Å². The van der Waals surface area contributed by atoms with E-state index in [1.807, 2.05) is 17.0 Å². The summed E-state index contributed by atoms with van der Waals surface area (Å²) < 4.78 is 19.0. The molecule has 1 fully saturated rings. The Balaban J connectivity index is 1.61. The van der Waals surface area contributed by atoms with Gasteiger partial charge in [-0.25, -0.2) is 4.39 Å². The summed E-state index contributed by atoms with van der Waals surface area (Å²) in [4.78, 5) is 17.2. The highest BCUT2D eigenvalue weighted by Crippen LogP contribution is 2.27. The van der Waals surface area contributed by atoms with Gasteiger partial charge in [-0.1, -0.05) is 39.8 Å². The van der Waals surface area contributed by atoms with E-state index in [2.05, 4.69) is 44.7 Å². The molecule has 0 aliphatic carbocycles. The lowest BCUT2D eigenvalue weighted by Crippen LogP contribution is -2.51. The molecule has 1 aliphatic heterocycles. The first-order valence-corrected chi connectivity index (χ1v) is 13.0. The van der Waals surface area contributed by atoms with Crippen molar-refractivity contribution in [1.29, 1.82) is 0 Å². The van der Waals surface area contributed by atoms with Crippen LogP contribution in [-0.4, -0.2) is 42.5 Å². The van der Waals surface area contributed by atoms with Gasteiger partial charge in [0, 0.05) is 31.4 Å². The average Bonchev–Trinajstić information content (AvgIpc) is 2.84. The van der Waals surface area contributed by atoms with Crippen molar-refractivity contribution in [1.82, 2.24) is 4.90 Å². The molecule has 1 atom stereocenters. The van der Waals surface area contributed by atoms with E-state index in [1.165, 1.54) is 17.8 Å². The minimum atomic E-state index is -0.397. The van der Waals surface area contributed by atoms with Crippen LogP contribution in [0.1, 0.15) is 58.9 Å². The van der Waals surface area contributed by atoms with Crippen LogP contribution < -0.4 is 15.4 Å². The van der Waals surface area contributed by atoms with Crippen molar-refractivity contribution in [2.45, 2.75) is 72.1 Å². The summed E-state index contributed by atoms with van der Waals surface area (Å²) in [7, 11) is 0. The van der Waals surface area contributed by atoms with Crippen LogP contribution in [0.3, 0.4) is 0 Å². The smallest absolute Gasteiger partial charge is 0.239 e. The molecule has 192 valence electrons. The van der Waals surface area contributed by atoms with Gasteiger partial charge in [-0.2, -0.15) is 0 Å². The molecule has 35 heavy (non-hydrogen) atoms. The molecule has 0 saturated carbocycles. The number of carbonyl (C=O) groups is 1. The van der Waals surface area contributed by atoms with Crippen molar-refractivity contribution in [2.24, 2.45) is 17.6 Å². The van der Waals surface area contributed by atoms with Crippen molar-refractivity contribution in [3.05, 3.63) is 59.9 Å². The SMILES string of the molecule is CC(C)CCN(c1ccc(OCc2ccc(F)cc2)cc1)C1CCN(C(=O)[C@H](N)CC(C)C)CC1. The number of anilines is 1. The lowest BCUT2D eigenvalue weighted by atomic mass is 9.98. The second-order valence-electron chi connectivity index (χ2n) is 10.6. The van der Waals surface area contributed by atoms with Gasteiger partial charge in [0.25, 0.3) is 0 Å². The Bertz CT molecular complexity index is 907. The Morgan fingerprint density at radius 2 is 1.66 bits per heavy atom. The van der Waals surface area contributed by atoms with E-state index in [4.69, 9.17) is 10.5 Å². The Hall–Kier alpha value is -2.60. The summed E-state index contributed by atoms with van der Waals surface area (Å²) in [6.07, 6.45) is 3.73. The highest BCUT2D eigenvalue weighted by atomic mass is 19.1. The van der Waals surface area contributed by atoms with E-state index in [9.17, 15) is 9.18 Å². The minimum absolute atomic E-state index is 0.0912. The molecule has 0 unspecified atom stereocenters. The van der Waals surface area contributed by atoms with Gasteiger partial charge in [0.1, 0.15) is 18.2 Å². The van der Waals surface area contributed by atoms with Gasteiger partial charge in [-0.3, -0.25) is 4.79 Å². The molecule has 1 amide bonds. The minimum Gasteiger partial charge on any atom is -0.489 e. The van der Waals surface area contributed by atoms with E-state index in [1.54, 1.807) is 12.1 Å². The van der Waals surface area contributed by atoms with Crippen LogP contribution in [0.25, 0.3) is 0 Å².